The lowest BCUT2D eigenvalue weighted by Crippen LogP contribution is -2.30. The standard InChI is InChI=1S/C16H20O4/c17-9-13-12(14-6-7-15(13)20-14)5-4-10-2-1-3-11(8-10)16(18)19/h1-3,8,12-15,17H,4-7,9H2,(H,18,19)/t12-,13+,14+,15-/m1/s1. The van der Waals surface area contributed by atoms with Crippen molar-refractivity contribution < 1.29 is 19.7 Å². The molecule has 20 heavy (non-hydrogen) atoms. The number of aliphatic hydroxyl groups is 1. The molecule has 1 aromatic rings. The van der Waals surface area contributed by atoms with Crippen LogP contribution in [0.1, 0.15) is 35.2 Å². The van der Waals surface area contributed by atoms with Crippen LogP contribution in [0.25, 0.3) is 0 Å². The van der Waals surface area contributed by atoms with Crippen LogP contribution in [0.15, 0.2) is 24.3 Å². The number of carboxylic acid groups (broad SMARTS) is 1. The van der Waals surface area contributed by atoms with E-state index in [4.69, 9.17) is 9.84 Å². The monoisotopic (exact) mass is 276 g/mol. The zero-order valence-corrected chi connectivity index (χ0v) is 11.4. The highest BCUT2D eigenvalue weighted by atomic mass is 16.5. The molecule has 108 valence electrons. The van der Waals surface area contributed by atoms with Gasteiger partial charge in [0.2, 0.25) is 0 Å². The fraction of sp³-hybridized carbons (Fsp3) is 0.562. The quantitative estimate of drug-likeness (QED) is 0.864. The summed E-state index contributed by atoms with van der Waals surface area (Å²) in [7, 11) is 0. The number of aromatic carboxylic acids is 1. The number of carboxylic acids is 1. The molecule has 2 aliphatic rings. The molecule has 0 spiro atoms. The molecule has 0 amide bonds. The molecule has 0 radical (unpaired) electrons. The van der Waals surface area contributed by atoms with E-state index in [1.165, 1.54) is 0 Å². The van der Waals surface area contributed by atoms with Crippen LogP contribution in [0.3, 0.4) is 0 Å². The van der Waals surface area contributed by atoms with Gasteiger partial charge in [0, 0.05) is 12.5 Å². The maximum Gasteiger partial charge on any atom is 0.335 e. The van der Waals surface area contributed by atoms with Gasteiger partial charge in [-0.2, -0.15) is 0 Å². The first-order valence-corrected chi connectivity index (χ1v) is 7.27. The molecule has 2 saturated heterocycles. The molecular weight excluding hydrogens is 256 g/mol. The summed E-state index contributed by atoms with van der Waals surface area (Å²) in [5, 5.41) is 18.5. The molecule has 2 fully saturated rings. The average Bonchev–Trinajstić information content (AvgIpc) is 3.05. The highest BCUT2D eigenvalue weighted by Gasteiger charge is 2.47. The molecule has 4 heteroatoms. The largest absolute Gasteiger partial charge is 0.478 e. The Morgan fingerprint density at radius 1 is 1.25 bits per heavy atom. The van der Waals surface area contributed by atoms with E-state index in [1.807, 2.05) is 6.07 Å². The van der Waals surface area contributed by atoms with Crippen molar-refractivity contribution in [2.24, 2.45) is 11.8 Å². The summed E-state index contributed by atoms with van der Waals surface area (Å²) >= 11 is 0. The van der Waals surface area contributed by atoms with Gasteiger partial charge in [-0.3, -0.25) is 0 Å². The molecule has 2 aliphatic heterocycles. The molecule has 0 aliphatic carbocycles. The Kier molecular flexibility index (Phi) is 3.76. The summed E-state index contributed by atoms with van der Waals surface area (Å²) in [5.41, 5.74) is 1.38. The first-order valence-electron chi connectivity index (χ1n) is 7.27. The molecule has 1 aromatic carbocycles. The Labute approximate surface area is 118 Å². The maximum atomic E-state index is 11.0. The summed E-state index contributed by atoms with van der Waals surface area (Å²) in [6.07, 6.45) is 4.49. The molecule has 3 rings (SSSR count). The van der Waals surface area contributed by atoms with Gasteiger partial charge in [-0.25, -0.2) is 4.79 Å². The minimum Gasteiger partial charge on any atom is -0.478 e. The number of carbonyl (C=O) groups is 1. The highest BCUT2D eigenvalue weighted by molar-refractivity contribution is 5.87. The van der Waals surface area contributed by atoms with E-state index in [9.17, 15) is 9.90 Å². The predicted octanol–water partition coefficient (Wildman–Crippen LogP) is 2.10. The van der Waals surface area contributed by atoms with Crippen molar-refractivity contribution in [3.05, 3.63) is 35.4 Å². The first-order chi connectivity index (χ1) is 9.69. The Morgan fingerprint density at radius 2 is 2.00 bits per heavy atom. The number of ether oxygens (including phenoxy) is 1. The summed E-state index contributed by atoms with van der Waals surface area (Å²) in [6, 6.07) is 7.11. The van der Waals surface area contributed by atoms with E-state index in [0.717, 1.165) is 31.2 Å². The number of benzene rings is 1. The fourth-order valence-electron chi connectivity index (χ4n) is 3.72. The number of aliphatic hydroxyl groups excluding tert-OH is 1. The van der Waals surface area contributed by atoms with Crippen molar-refractivity contribution in [3.63, 3.8) is 0 Å². The van der Waals surface area contributed by atoms with Gasteiger partial charge in [0.05, 0.1) is 17.8 Å². The van der Waals surface area contributed by atoms with Crippen LogP contribution in [-0.4, -0.2) is 35.0 Å². The van der Waals surface area contributed by atoms with Gasteiger partial charge in [-0.05, 0) is 49.3 Å². The fourth-order valence-corrected chi connectivity index (χ4v) is 3.72. The normalized spacial score (nSPS) is 31.6. The van der Waals surface area contributed by atoms with Gasteiger partial charge in [0.15, 0.2) is 0 Å². The summed E-state index contributed by atoms with van der Waals surface area (Å²) in [6.45, 7) is 0.195. The molecule has 2 bridgehead atoms. The lowest BCUT2D eigenvalue weighted by Gasteiger charge is -2.26. The van der Waals surface area contributed by atoms with Crippen molar-refractivity contribution >= 4 is 5.97 Å². The smallest absolute Gasteiger partial charge is 0.335 e. The summed E-state index contributed by atoms with van der Waals surface area (Å²) < 4.78 is 5.88. The van der Waals surface area contributed by atoms with E-state index in [1.54, 1.807) is 18.2 Å². The van der Waals surface area contributed by atoms with Crippen LogP contribution in [0, 0.1) is 11.8 Å². The lowest BCUT2D eigenvalue weighted by atomic mass is 9.77. The number of rotatable bonds is 5. The van der Waals surface area contributed by atoms with Crippen LogP contribution < -0.4 is 0 Å². The van der Waals surface area contributed by atoms with Gasteiger partial charge in [0.25, 0.3) is 0 Å². The van der Waals surface area contributed by atoms with Crippen LogP contribution >= 0.6 is 0 Å². The van der Waals surface area contributed by atoms with E-state index in [0.29, 0.717) is 17.6 Å². The number of aryl methyl sites for hydroxylation is 1. The molecule has 0 aromatic heterocycles. The van der Waals surface area contributed by atoms with E-state index >= 15 is 0 Å². The van der Waals surface area contributed by atoms with Crippen molar-refractivity contribution in [1.82, 2.24) is 0 Å². The SMILES string of the molecule is O=C(O)c1cccc(CC[C@@H]2[C@H](CO)[C@H]3CC[C@@H]2O3)c1. The highest BCUT2D eigenvalue weighted by Crippen LogP contribution is 2.45. The lowest BCUT2D eigenvalue weighted by molar-refractivity contribution is 0.0696. The Hall–Kier alpha value is -1.39. The zero-order valence-electron chi connectivity index (χ0n) is 11.4. The third-order valence-electron chi connectivity index (χ3n) is 4.74. The van der Waals surface area contributed by atoms with E-state index in [2.05, 4.69) is 0 Å². The minimum atomic E-state index is -0.886. The molecule has 2 N–H and O–H groups in total. The van der Waals surface area contributed by atoms with Gasteiger partial charge in [-0.1, -0.05) is 12.1 Å². The second-order valence-corrected chi connectivity index (χ2v) is 5.84. The molecule has 0 saturated carbocycles. The molecule has 2 heterocycles. The Morgan fingerprint density at radius 3 is 2.70 bits per heavy atom. The van der Waals surface area contributed by atoms with Gasteiger partial charge < -0.3 is 14.9 Å². The van der Waals surface area contributed by atoms with Crippen LogP contribution in [0.2, 0.25) is 0 Å². The second-order valence-electron chi connectivity index (χ2n) is 5.84. The zero-order chi connectivity index (χ0) is 14.1. The third kappa shape index (κ3) is 2.45. The molecular formula is C16H20O4. The summed E-state index contributed by atoms with van der Waals surface area (Å²) in [5.74, 6) is -0.216. The first kappa shape index (κ1) is 13.6. The average molecular weight is 276 g/mol. The van der Waals surface area contributed by atoms with E-state index < -0.39 is 5.97 Å². The minimum absolute atomic E-state index is 0.195. The van der Waals surface area contributed by atoms with Gasteiger partial charge >= 0.3 is 5.97 Å². The van der Waals surface area contributed by atoms with Crippen molar-refractivity contribution in [3.8, 4) is 0 Å². The number of hydrogen-bond donors (Lipinski definition) is 2. The third-order valence-corrected chi connectivity index (χ3v) is 4.74. The van der Waals surface area contributed by atoms with Crippen molar-refractivity contribution in [2.75, 3.05) is 6.61 Å². The van der Waals surface area contributed by atoms with Crippen LogP contribution in [0.5, 0.6) is 0 Å². The van der Waals surface area contributed by atoms with Crippen LogP contribution in [0.4, 0.5) is 0 Å². The number of fused-ring (bicyclic) bond motifs is 2. The summed E-state index contributed by atoms with van der Waals surface area (Å²) in [4.78, 5) is 11.0. The van der Waals surface area contributed by atoms with Gasteiger partial charge in [-0.15, -0.1) is 0 Å². The maximum absolute atomic E-state index is 11.0. The topological polar surface area (TPSA) is 66.8 Å². The second kappa shape index (κ2) is 5.54. The molecule has 4 atom stereocenters. The molecule has 4 nitrogen and oxygen atoms in total. The Bertz CT molecular complexity index is 499. The van der Waals surface area contributed by atoms with Crippen LogP contribution in [-0.2, 0) is 11.2 Å². The van der Waals surface area contributed by atoms with Crippen molar-refractivity contribution in [2.45, 2.75) is 37.9 Å². The van der Waals surface area contributed by atoms with E-state index in [-0.39, 0.29) is 18.6 Å². The van der Waals surface area contributed by atoms with Gasteiger partial charge in [0.1, 0.15) is 0 Å². The van der Waals surface area contributed by atoms with Crippen molar-refractivity contribution in [1.29, 1.82) is 0 Å². The Balaban J connectivity index is 1.64. The predicted molar refractivity (Wildman–Crippen MR) is 73.7 cm³/mol. The number of hydrogen-bond acceptors (Lipinski definition) is 3. The molecule has 0 unspecified atom stereocenters.